The summed E-state index contributed by atoms with van der Waals surface area (Å²) < 4.78 is 0. The van der Waals surface area contributed by atoms with E-state index in [9.17, 15) is 9.90 Å². The molecule has 0 saturated carbocycles. The average Bonchev–Trinajstić information content (AvgIpc) is 2.85. The molecule has 1 amide bonds. The van der Waals surface area contributed by atoms with Gasteiger partial charge in [0.2, 0.25) is 0 Å². The van der Waals surface area contributed by atoms with Crippen molar-refractivity contribution in [3.63, 3.8) is 0 Å². The normalized spacial score (nSPS) is 18.6. The zero-order valence-electron chi connectivity index (χ0n) is 11.1. The molecule has 0 bridgehead atoms. The van der Waals surface area contributed by atoms with Gasteiger partial charge < -0.3 is 15.0 Å². The summed E-state index contributed by atoms with van der Waals surface area (Å²) in [6.07, 6.45) is 2.10. The summed E-state index contributed by atoms with van der Waals surface area (Å²) in [5, 5.41) is 10.2. The van der Waals surface area contributed by atoms with Crippen molar-refractivity contribution >= 4 is 17.5 Å². The second kappa shape index (κ2) is 6.41. The number of hydrogen-bond donors (Lipinski definition) is 2. The summed E-state index contributed by atoms with van der Waals surface area (Å²) >= 11 is 5.80. The van der Waals surface area contributed by atoms with Gasteiger partial charge in [0.25, 0.3) is 5.91 Å². The van der Waals surface area contributed by atoms with E-state index in [0.29, 0.717) is 30.4 Å². The Hall–Kier alpha value is -1.04. The Morgan fingerprint density at radius 1 is 1.47 bits per heavy atom. The lowest BCUT2D eigenvalue weighted by Gasteiger charge is -2.35. The number of H-pyrrole nitrogens is 1. The van der Waals surface area contributed by atoms with Gasteiger partial charge in [0.15, 0.2) is 0 Å². The molecule has 1 fully saturated rings. The van der Waals surface area contributed by atoms with Gasteiger partial charge >= 0.3 is 0 Å². The Kier molecular flexibility index (Phi) is 4.85. The van der Waals surface area contributed by atoms with E-state index in [4.69, 9.17) is 11.6 Å². The fraction of sp³-hybridized carbons (Fsp3) is 0.615. The summed E-state index contributed by atoms with van der Waals surface area (Å²) in [5.41, 5.74) is 0.534. The van der Waals surface area contributed by atoms with E-state index < -0.39 is 0 Å². The van der Waals surface area contributed by atoms with Crippen molar-refractivity contribution in [3.05, 3.63) is 23.0 Å². The minimum absolute atomic E-state index is 0.0115. The number of aliphatic hydroxyl groups excluding tert-OH is 1. The van der Waals surface area contributed by atoms with Crippen LogP contribution in [0.5, 0.6) is 0 Å². The molecule has 19 heavy (non-hydrogen) atoms. The molecule has 6 heteroatoms. The van der Waals surface area contributed by atoms with Crippen molar-refractivity contribution in [3.8, 4) is 0 Å². The first-order chi connectivity index (χ1) is 9.10. The highest BCUT2D eigenvalue weighted by molar-refractivity contribution is 6.30. The first-order valence-corrected chi connectivity index (χ1v) is 7.01. The van der Waals surface area contributed by atoms with Crippen LogP contribution in [0.15, 0.2) is 12.3 Å². The molecule has 0 aromatic carbocycles. The number of nitrogens with one attached hydrogen (secondary N) is 1. The van der Waals surface area contributed by atoms with Crippen LogP contribution in [0.2, 0.25) is 5.02 Å². The molecule has 1 saturated heterocycles. The van der Waals surface area contributed by atoms with Crippen LogP contribution in [0.4, 0.5) is 0 Å². The summed E-state index contributed by atoms with van der Waals surface area (Å²) in [7, 11) is 0. The maximum atomic E-state index is 12.2. The van der Waals surface area contributed by atoms with Crippen LogP contribution in [0.1, 0.15) is 23.8 Å². The third kappa shape index (κ3) is 3.72. The van der Waals surface area contributed by atoms with Crippen molar-refractivity contribution < 1.29 is 9.90 Å². The number of amides is 1. The minimum Gasteiger partial charge on any atom is -0.392 e. The number of carbonyl (C=O) groups is 1. The highest BCUT2D eigenvalue weighted by Crippen LogP contribution is 2.13. The second-order valence-corrected chi connectivity index (χ2v) is 5.32. The van der Waals surface area contributed by atoms with Crippen molar-refractivity contribution in [1.29, 1.82) is 0 Å². The van der Waals surface area contributed by atoms with Gasteiger partial charge in [0.05, 0.1) is 11.1 Å². The van der Waals surface area contributed by atoms with Gasteiger partial charge in [-0.2, -0.15) is 0 Å². The number of aromatic amines is 1. The van der Waals surface area contributed by atoms with Crippen LogP contribution in [-0.4, -0.2) is 64.6 Å². The van der Waals surface area contributed by atoms with Crippen molar-refractivity contribution in [2.75, 3.05) is 32.7 Å². The number of aliphatic hydroxyl groups is 1. The number of nitrogens with zero attached hydrogens (tertiary/aromatic N) is 2. The number of halogens is 1. The van der Waals surface area contributed by atoms with E-state index in [1.807, 2.05) is 11.8 Å². The summed E-state index contributed by atoms with van der Waals surface area (Å²) in [4.78, 5) is 19.1. The maximum absolute atomic E-state index is 12.2. The fourth-order valence-corrected chi connectivity index (χ4v) is 2.39. The molecule has 1 atom stereocenters. The molecule has 1 aliphatic heterocycles. The van der Waals surface area contributed by atoms with Crippen LogP contribution in [0.3, 0.4) is 0 Å². The Labute approximate surface area is 118 Å². The highest BCUT2D eigenvalue weighted by Gasteiger charge is 2.23. The lowest BCUT2D eigenvalue weighted by Crippen LogP contribution is -2.50. The molecular weight excluding hydrogens is 266 g/mol. The molecule has 2 N–H and O–H groups in total. The third-order valence-corrected chi connectivity index (χ3v) is 3.70. The van der Waals surface area contributed by atoms with Gasteiger partial charge in [-0.3, -0.25) is 9.69 Å². The van der Waals surface area contributed by atoms with E-state index in [0.717, 1.165) is 19.5 Å². The van der Waals surface area contributed by atoms with Gasteiger partial charge in [-0.15, -0.1) is 0 Å². The molecule has 5 nitrogen and oxygen atoms in total. The smallest absolute Gasteiger partial charge is 0.270 e. The van der Waals surface area contributed by atoms with Gasteiger partial charge in [0, 0.05) is 38.9 Å². The molecule has 2 rings (SSSR count). The van der Waals surface area contributed by atoms with Gasteiger partial charge in [0.1, 0.15) is 5.69 Å². The minimum atomic E-state index is -0.274. The Balaban J connectivity index is 1.84. The highest BCUT2D eigenvalue weighted by atomic mass is 35.5. The molecule has 0 spiro atoms. The second-order valence-electron chi connectivity index (χ2n) is 4.89. The Morgan fingerprint density at radius 2 is 2.16 bits per heavy atom. The molecule has 106 valence electrons. The predicted molar refractivity (Wildman–Crippen MR) is 74.4 cm³/mol. The topological polar surface area (TPSA) is 59.6 Å². The summed E-state index contributed by atoms with van der Waals surface area (Å²) in [6, 6.07) is 1.65. The molecule has 2 heterocycles. The van der Waals surface area contributed by atoms with Crippen LogP contribution in [-0.2, 0) is 0 Å². The third-order valence-electron chi connectivity index (χ3n) is 3.48. The summed E-state index contributed by atoms with van der Waals surface area (Å²) in [5.74, 6) is -0.0115. The first kappa shape index (κ1) is 14.4. The molecule has 0 aliphatic carbocycles. The SMILES string of the molecule is CC[C@H](O)CN1CCN(C(=O)c2cc(Cl)c[nH]2)CC1. The van der Waals surface area contributed by atoms with E-state index >= 15 is 0 Å². The molecule has 0 unspecified atom stereocenters. The van der Waals surface area contributed by atoms with Crippen molar-refractivity contribution in [2.45, 2.75) is 19.4 Å². The molecular formula is C13H20ClN3O2. The Bertz CT molecular complexity index is 427. The molecule has 0 radical (unpaired) electrons. The van der Waals surface area contributed by atoms with Crippen molar-refractivity contribution in [2.24, 2.45) is 0 Å². The number of piperazine rings is 1. The van der Waals surface area contributed by atoms with Crippen LogP contribution in [0.25, 0.3) is 0 Å². The van der Waals surface area contributed by atoms with Gasteiger partial charge in [-0.05, 0) is 12.5 Å². The zero-order chi connectivity index (χ0) is 13.8. The van der Waals surface area contributed by atoms with Crippen molar-refractivity contribution in [1.82, 2.24) is 14.8 Å². The lowest BCUT2D eigenvalue weighted by atomic mass is 10.2. The fourth-order valence-electron chi connectivity index (χ4n) is 2.22. The average molecular weight is 286 g/mol. The number of rotatable bonds is 4. The summed E-state index contributed by atoms with van der Waals surface area (Å²) in [6.45, 7) is 5.64. The largest absolute Gasteiger partial charge is 0.392 e. The van der Waals surface area contributed by atoms with E-state index in [1.54, 1.807) is 12.3 Å². The van der Waals surface area contributed by atoms with Crippen LogP contribution >= 0.6 is 11.6 Å². The van der Waals surface area contributed by atoms with E-state index in [-0.39, 0.29) is 12.0 Å². The maximum Gasteiger partial charge on any atom is 0.270 e. The predicted octanol–water partition coefficient (Wildman–Crippen LogP) is 1.20. The monoisotopic (exact) mass is 285 g/mol. The quantitative estimate of drug-likeness (QED) is 0.874. The number of β-amino-alcohol motifs (C(OH)–C–C–N with tert-alkyl or cyclic N) is 1. The van der Waals surface area contributed by atoms with Gasteiger partial charge in [-0.1, -0.05) is 18.5 Å². The standard InChI is InChI=1S/C13H20ClN3O2/c1-2-11(18)9-16-3-5-17(6-4-16)13(19)12-7-10(14)8-15-12/h7-8,11,15,18H,2-6,9H2,1H3/t11-/m0/s1. The number of aromatic nitrogens is 1. The van der Waals surface area contributed by atoms with Gasteiger partial charge in [-0.25, -0.2) is 0 Å². The Morgan fingerprint density at radius 3 is 2.68 bits per heavy atom. The number of carbonyl (C=O) groups excluding carboxylic acids is 1. The first-order valence-electron chi connectivity index (χ1n) is 6.63. The molecule has 1 aromatic rings. The lowest BCUT2D eigenvalue weighted by molar-refractivity contribution is 0.0520. The number of hydrogen-bond acceptors (Lipinski definition) is 3. The van der Waals surface area contributed by atoms with E-state index in [1.165, 1.54) is 0 Å². The molecule has 1 aromatic heterocycles. The molecule has 1 aliphatic rings. The van der Waals surface area contributed by atoms with Crippen LogP contribution in [0, 0.1) is 0 Å². The zero-order valence-corrected chi connectivity index (χ0v) is 11.9. The van der Waals surface area contributed by atoms with Crippen LogP contribution < -0.4 is 0 Å². The van der Waals surface area contributed by atoms with E-state index in [2.05, 4.69) is 9.88 Å².